The Hall–Kier alpha value is -1.06. The third-order valence-corrected chi connectivity index (χ3v) is 2.66. The molecule has 93 valence electrons. The van der Waals surface area contributed by atoms with Crippen molar-refractivity contribution >= 4 is 0 Å². The molecule has 3 heteroatoms. The van der Waals surface area contributed by atoms with E-state index < -0.39 is 0 Å². The summed E-state index contributed by atoms with van der Waals surface area (Å²) in [7, 11) is 0. The van der Waals surface area contributed by atoms with Gasteiger partial charge >= 0.3 is 0 Å². The van der Waals surface area contributed by atoms with E-state index in [-0.39, 0.29) is 6.29 Å². The molecule has 1 aliphatic heterocycles. The molecule has 1 saturated heterocycles. The van der Waals surface area contributed by atoms with E-state index in [1.54, 1.807) is 0 Å². The summed E-state index contributed by atoms with van der Waals surface area (Å²) in [6.45, 7) is 2.80. The first kappa shape index (κ1) is 12.4. The lowest BCUT2D eigenvalue weighted by molar-refractivity contribution is -0.186. The van der Waals surface area contributed by atoms with E-state index in [0.717, 1.165) is 38.0 Å². The van der Waals surface area contributed by atoms with Crippen molar-refractivity contribution < 1.29 is 14.2 Å². The molecule has 1 aromatic rings. The average molecular weight is 235 g/mol. The van der Waals surface area contributed by atoms with E-state index in [4.69, 9.17) is 14.2 Å². The van der Waals surface area contributed by atoms with E-state index in [1.807, 2.05) is 37.3 Å². The molecule has 17 heavy (non-hydrogen) atoms. The van der Waals surface area contributed by atoms with Crippen molar-refractivity contribution in [3.8, 4) is 5.75 Å². The van der Waals surface area contributed by atoms with Crippen LogP contribution in [-0.4, -0.2) is 12.9 Å². The first-order valence-electron chi connectivity index (χ1n) is 6.25. The van der Waals surface area contributed by atoms with E-state index in [2.05, 4.69) is 0 Å². The Morgan fingerprint density at radius 1 is 1.29 bits per heavy atom. The zero-order valence-electron chi connectivity index (χ0n) is 10.2. The van der Waals surface area contributed by atoms with Gasteiger partial charge in [-0.1, -0.05) is 25.1 Å². The van der Waals surface area contributed by atoms with Crippen LogP contribution in [0.5, 0.6) is 5.75 Å². The third-order valence-electron chi connectivity index (χ3n) is 2.66. The molecule has 0 aromatic heterocycles. The van der Waals surface area contributed by atoms with Gasteiger partial charge in [-0.05, 0) is 31.4 Å². The second-order valence-corrected chi connectivity index (χ2v) is 4.05. The van der Waals surface area contributed by atoms with Crippen LogP contribution in [0, 0.1) is 6.29 Å². The van der Waals surface area contributed by atoms with Gasteiger partial charge in [-0.25, -0.2) is 0 Å². The Morgan fingerprint density at radius 3 is 2.76 bits per heavy atom. The van der Waals surface area contributed by atoms with Crippen LogP contribution in [0.1, 0.15) is 32.6 Å². The lowest BCUT2D eigenvalue weighted by atomic mass is 10.2. The summed E-state index contributed by atoms with van der Waals surface area (Å²) in [5.74, 6) is 0.806. The topological polar surface area (TPSA) is 27.7 Å². The predicted octanol–water partition coefficient (Wildman–Crippen LogP) is 3.51. The molecule has 1 unspecified atom stereocenters. The van der Waals surface area contributed by atoms with Gasteiger partial charge in [0.25, 0.3) is 6.29 Å². The fourth-order valence-corrected chi connectivity index (χ4v) is 1.75. The van der Waals surface area contributed by atoms with Gasteiger partial charge in [-0.15, -0.1) is 0 Å². The summed E-state index contributed by atoms with van der Waals surface area (Å²) < 4.78 is 16.9. The van der Waals surface area contributed by atoms with Crippen LogP contribution in [0.2, 0.25) is 0 Å². The van der Waals surface area contributed by atoms with Crippen molar-refractivity contribution in [3.63, 3.8) is 0 Å². The molecule has 0 spiro atoms. The highest BCUT2D eigenvalue weighted by molar-refractivity contribution is 5.21. The highest BCUT2D eigenvalue weighted by Gasteiger charge is 2.21. The molecule has 1 radical (unpaired) electrons. The molecule has 3 nitrogen and oxygen atoms in total. The number of hydrogen-bond donors (Lipinski definition) is 0. The minimum atomic E-state index is -0.137. The lowest BCUT2D eigenvalue weighted by Gasteiger charge is -2.26. The maximum absolute atomic E-state index is 5.72. The molecular formula is C14H19O3. The van der Waals surface area contributed by atoms with Crippen LogP contribution in [0.15, 0.2) is 30.3 Å². The second-order valence-electron chi connectivity index (χ2n) is 4.05. The molecule has 1 heterocycles. The monoisotopic (exact) mass is 235 g/mol. The first-order valence-corrected chi connectivity index (χ1v) is 6.25. The summed E-state index contributed by atoms with van der Waals surface area (Å²) in [5.41, 5.74) is 0. The van der Waals surface area contributed by atoms with Crippen molar-refractivity contribution in [2.24, 2.45) is 0 Å². The Kier molecular flexibility index (Phi) is 4.83. The lowest BCUT2D eigenvalue weighted by Crippen LogP contribution is -2.26. The standard InChI is InChI=1S/C14H19O3/c1-2-13(16-12-8-4-3-5-9-12)17-14-10-6-7-11-15-14/h3-5,8-9,14H,2,6-7,10-11H2,1H3. The first-order chi connectivity index (χ1) is 8.38. The van der Waals surface area contributed by atoms with Crippen LogP contribution < -0.4 is 4.74 Å². The summed E-state index contributed by atoms with van der Waals surface area (Å²) in [6.07, 6.45) is 4.45. The van der Waals surface area contributed by atoms with Crippen LogP contribution in [-0.2, 0) is 9.47 Å². The molecule has 2 rings (SSSR count). The summed E-state index contributed by atoms with van der Waals surface area (Å²) in [5, 5.41) is 0. The van der Waals surface area contributed by atoms with Gasteiger partial charge in [-0.3, -0.25) is 0 Å². The van der Waals surface area contributed by atoms with Crippen molar-refractivity contribution in [1.29, 1.82) is 0 Å². The molecular weight excluding hydrogens is 216 g/mol. The van der Waals surface area contributed by atoms with Gasteiger partial charge in [0.2, 0.25) is 0 Å². The van der Waals surface area contributed by atoms with Crippen molar-refractivity contribution in [2.75, 3.05) is 6.61 Å². The average Bonchev–Trinajstić information content (AvgIpc) is 2.40. The van der Waals surface area contributed by atoms with Gasteiger partial charge in [0.05, 0.1) is 0 Å². The molecule has 1 aromatic carbocycles. The van der Waals surface area contributed by atoms with Gasteiger partial charge in [0, 0.05) is 13.0 Å². The number of benzene rings is 1. The number of para-hydroxylation sites is 1. The maximum atomic E-state index is 5.72. The van der Waals surface area contributed by atoms with Gasteiger partial charge in [0.15, 0.2) is 6.29 Å². The van der Waals surface area contributed by atoms with Crippen LogP contribution in [0.3, 0.4) is 0 Å². The van der Waals surface area contributed by atoms with Crippen molar-refractivity contribution in [1.82, 2.24) is 0 Å². The van der Waals surface area contributed by atoms with Crippen LogP contribution in [0.25, 0.3) is 0 Å². The third kappa shape index (κ3) is 4.02. The molecule has 0 N–H and O–H groups in total. The smallest absolute Gasteiger partial charge is 0.278 e. The largest absolute Gasteiger partial charge is 0.455 e. The molecule has 0 amide bonds. The fourth-order valence-electron chi connectivity index (χ4n) is 1.75. The molecule has 0 saturated carbocycles. The quantitative estimate of drug-likeness (QED) is 0.781. The van der Waals surface area contributed by atoms with E-state index in [0.29, 0.717) is 6.29 Å². The highest BCUT2D eigenvalue weighted by Crippen LogP contribution is 2.23. The SMILES string of the molecule is CC[C](Oc1ccccc1)OC1CCCCO1. The van der Waals surface area contributed by atoms with Crippen LogP contribution in [0.4, 0.5) is 0 Å². The molecule has 0 aliphatic carbocycles. The predicted molar refractivity (Wildman–Crippen MR) is 65.3 cm³/mol. The summed E-state index contributed by atoms with van der Waals surface area (Å²) >= 11 is 0. The Labute approximate surface area is 103 Å². The zero-order chi connectivity index (χ0) is 11.9. The number of ether oxygens (including phenoxy) is 3. The minimum Gasteiger partial charge on any atom is -0.455 e. The maximum Gasteiger partial charge on any atom is 0.278 e. The minimum absolute atomic E-state index is 0.137. The second kappa shape index (κ2) is 6.62. The van der Waals surface area contributed by atoms with Crippen molar-refractivity contribution in [2.45, 2.75) is 38.9 Å². The van der Waals surface area contributed by atoms with Crippen LogP contribution >= 0.6 is 0 Å². The van der Waals surface area contributed by atoms with Crippen molar-refractivity contribution in [3.05, 3.63) is 36.6 Å². The van der Waals surface area contributed by atoms with Gasteiger partial charge in [0.1, 0.15) is 5.75 Å². The molecule has 0 bridgehead atoms. The molecule has 1 atom stereocenters. The van der Waals surface area contributed by atoms with Gasteiger partial charge < -0.3 is 14.2 Å². The zero-order valence-corrected chi connectivity index (χ0v) is 10.2. The Bertz CT molecular complexity index is 307. The Morgan fingerprint density at radius 2 is 2.12 bits per heavy atom. The normalized spacial score (nSPS) is 20.5. The summed E-state index contributed by atoms with van der Waals surface area (Å²) in [4.78, 5) is 0. The summed E-state index contributed by atoms with van der Waals surface area (Å²) in [6, 6.07) is 9.69. The highest BCUT2D eigenvalue weighted by atomic mass is 16.8. The van der Waals surface area contributed by atoms with E-state index in [9.17, 15) is 0 Å². The molecule has 1 aliphatic rings. The Balaban J connectivity index is 1.83. The number of rotatable bonds is 5. The van der Waals surface area contributed by atoms with Gasteiger partial charge in [-0.2, -0.15) is 0 Å². The molecule has 1 fully saturated rings. The van der Waals surface area contributed by atoms with E-state index in [1.165, 1.54) is 0 Å². The van der Waals surface area contributed by atoms with E-state index >= 15 is 0 Å². The number of hydrogen-bond acceptors (Lipinski definition) is 3. The fraction of sp³-hybridized carbons (Fsp3) is 0.500.